The van der Waals surface area contributed by atoms with Crippen molar-refractivity contribution in [1.82, 2.24) is 4.98 Å². The molecule has 3 rings (SSSR count). The van der Waals surface area contributed by atoms with Gasteiger partial charge in [0, 0.05) is 24.0 Å². The molecular formula is C22H26N2OS. The van der Waals surface area contributed by atoms with Crippen LogP contribution in [0.5, 0.6) is 5.75 Å². The average molecular weight is 367 g/mol. The van der Waals surface area contributed by atoms with E-state index in [2.05, 4.69) is 65.8 Å². The molecule has 0 spiro atoms. The molecule has 136 valence electrons. The van der Waals surface area contributed by atoms with Crippen molar-refractivity contribution in [2.75, 3.05) is 11.9 Å². The zero-order chi connectivity index (χ0) is 18.4. The van der Waals surface area contributed by atoms with E-state index in [1.807, 2.05) is 25.4 Å². The van der Waals surface area contributed by atoms with Crippen molar-refractivity contribution in [2.45, 2.75) is 39.2 Å². The molecule has 0 radical (unpaired) electrons. The second kappa shape index (κ2) is 8.86. The van der Waals surface area contributed by atoms with Gasteiger partial charge in [-0.25, -0.2) is 4.98 Å². The predicted molar refractivity (Wildman–Crippen MR) is 110 cm³/mol. The van der Waals surface area contributed by atoms with Gasteiger partial charge in [-0.05, 0) is 50.5 Å². The first kappa shape index (κ1) is 18.5. The molecule has 0 fully saturated rings. The molecule has 3 aromatic rings. The van der Waals surface area contributed by atoms with Crippen LogP contribution in [-0.2, 0) is 0 Å². The molecule has 0 aliphatic carbocycles. The summed E-state index contributed by atoms with van der Waals surface area (Å²) in [6.07, 6.45) is 3.03. The number of ether oxygens (including phenoxy) is 1. The van der Waals surface area contributed by atoms with Crippen molar-refractivity contribution >= 4 is 16.5 Å². The van der Waals surface area contributed by atoms with E-state index in [0.717, 1.165) is 23.8 Å². The number of thiazole rings is 1. The highest BCUT2D eigenvalue weighted by Gasteiger charge is 2.14. The third kappa shape index (κ3) is 5.09. The molecule has 4 heteroatoms. The zero-order valence-electron chi connectivity index (χ0n) is 15.6. The van der Waals surface area contributed by atoms with Crippen molar-refractivity contribution in [1.29, 1.82) is 0 Å². The highest BCUT2D eigenvalue weighted by molar-refractivity contribution is 7.13. The molecule has 1 N–H and O–H groups in total. The molecule has 0 saturated carbocycles. The quantitative estimate of drug-likeness (QED) is 0.541. The van der Waals surface area contributed by atoms with Gasteiger partial charge < -0.3 is 10.1 Å². The number of nitrogens with one attached hydrogen (secondary N) is 1. The Balaban J connectivity index is 1.76. The number of anilines is 1. The number of hydrogen-bond donors (Lipinski definition) is 1. The van der Waals surface area contributed by atoms with Crippen molar-refractivity contribution in [3.05, 3.63) is 76.8 Å². The molecule has 1 aromatic heterocycles. The van der Waals surface area contributed by atoms with Crippen LogP contribution in [-0.4, -0.2) is 17.6 Å². The summed E-state index contributed by atoms with van der Waals surface area (Å²) in [4.78, 5) is 4.30. The van der Waals surface area contributed by atoms with E-state index in [1.54, 1.807) is 11.3 Å². The predicted octanol–water partition coefficient (Wildman–Crippen LogP) is 5.87. The molecule has 0 saturated heterocycles. The van der Waals surface area contributed by atoms with Crippen LogP contribution >= 0.6 is 11.3 Å². The first-order chi connectivity index (χ1) is 12.6. The minimum atomic E-state index is 0.191. The summed E-state index contributed by atoms with van der Waals surface area (Å²) >= 11 is 1.64. The molecule has 0 aliphatic rings. The van der Waals surface area contributed by atoms with E-state index in [-0.39, 0.29) is 6.10 Å². The van der Waals surface area contributed by atoms with Crippen LogP contribution in [0.15, 0.2) is 60.1 Å². The van der Waals surface area contributed by atoms with Crippen LogP contribution in [0.1, 0.15) is 42.9 Å². The molecule has 1 heterocycles. The Morgan fingerprint density at radius 3 is 2.23 bits per heavy atom. The van der Waals surface area contributed by atoms with Crippen molar-refractivity contribution < 1.29 is 4.74 Å². The Kier molecular flexibility index (Phi) is 6.29. The van der Waals surface area contributed by atoms with E-state index in [9.17, 15) is 0 Å². The third-order valence-corrected chi connectivity index (χ3v) is 5.01. The summed E-state index contributed by atoms with van der Waals surface area (Å²) in [7, 11) is 0. The van der Waals surface area contributed by atoms with Crippen LogP contribution in [0.3, 0.4) is 0 Å². The van der Waals surface area contributed by atoms with E-state index in [4.69, 9.17) is 4.74 Å². The van der Waals surface area contributed by atoms with Crippen LogP contribution in [0.2, 0.25) is 0 Å². The van der Waals surface area contributed by atoms with E-state index < -0.39 is 0 Å². The molecule has 0 amide bonds. The van der Waals surface area contributed by atoms with E-state index >= 15 is 0 Å². The highest BCUT2D eigenvalue weighted by Crippen LogP contribution is 2.30. The molecular weight excluding hydrogens is 340 g/mol. The number of nitrogens with zero attached hydrogens (tertiary/aromatic N) is 1. The van der Waals surface area contributed by atoms with Gasteiger partial charge in [0.15, 0.2) is 5.13 Å². The average Bonchev–Trinajstić information content (AvgIpc) is 3.14. The Bertz CT molecular complexity index is 780. The van der Waals surface area contributed by atoms with Crippen molar-refractivity contribution in [2.24, 2.45) is 0 Å². The summed E-state index contributed by atoms with van der Waals surface area (Å²) in [6, 6.07) is 17.4. The first-order valence-corrected chi connectivity index (χ1v) is 9.96. The van der Waals surface area contributed by atoms with Crippen LogP contribution in [0, 0.1) is 6.92 Å². The minimum Gasteiger partial charge on any atom is -0.491 e. The summed E-state index contributed by atoms with van der Waals surface area (Å²) in [5, 5.41) is 6.40. The van der Waals surface area contributed by atoms with Crippen LogP contribution < -0.4 is 10.1 Å². The normalized spacial score (nSPS) is 12.2. The number of rotatable bonds is 8. The van der Waals surface area contributed by atoms with E-state index in [1.165, 1.54) is 16.7 Å². The second-order valence-corrected chi connectivity index (χ2v) is 7.65. The molecule has 0 aliphatic heterocycles. The molecule has 0 bridgehead atoms. The van der Waals surface area contributed by atoms with Gasteiger partial charge in [0.1, 0.15) is 5.75 Å². The topological polar surface area (TPSA) is 34.2 Å². The zero-order valence-corrected chi connectivity index (χ0v) is 16.4. The summed E-state index contributed by atoms with van der Waals surface area (Å²) in [5.41, 5.74) is 3.94. The van der Waals surface area contributed by atoms with E-state index in [0.29, 0.717) is 5.92 Å². The lowest BCUT2D eigenvalue weighted by Gasteiger charge is -2.19. The Morgan fingerprint density at radius 2 is 1.65 bits per heavy atom. The molecule has 2 aromatic carbocycles. The van der Waals surface area contributed by atoms with Gasteiger partial charge in [0.2, 0.25) is 0 Å². The first-order valence-electron chi connectivity index (χ1n) is 9.08. The minimum absolute atomic E-state index is 0.191. The van der Waals surface area contributed by atoms with Crippen LogP contribution in [0.25, 0.3) is 0 Å². The lowest BCUT2D eigenvalue weighted by Crippen LogP contribution is -2.10. The van der Waals surface area contributed by atoms with Crippen molar-refractivity contribution in [3.8, 4) is 5.75 Å². The Labute approximate surface area is 160 Å². The number of hydrogen-bond acceptors (Lipinski definition) is 4. The fourth-order valence-electron chi connectivity index (χ4n) is 3.01. The summed E-state index contributed by atoms with van der Waals surface area (Å²) < 4.78 is 5.78. The van der Waals surface area contributed by atoms with Gasteiger partial charge in [-0.2, -0.15) is 0 Å². The van der Waals surface area contributed by atoms with Gasteiger partial charge in [-0.1, -0.05) is 42.0 Å². The Morgan fingerprint density at radius 1 is 1.00 bits per heavy atom. The smallest absolute Gasteiger partial charge is 0.182 e. The molecule has 1 atom stereocenters. The van der Waals surface area contributed by atoms with Gasteiger partial charge in [-0.3, -0.25) is 0 Å². The molecule has 26 heavy (non-hydrogen) atoms. The third-order valence-electron chi connectivity index (χ3n) is 4.28. The lowest BCUT2D eigenvalue weighted by molar-refractivity contribution is 0.242. The standard InChI is InChI=1S/C22H26N2OS/c1-16(2)25-20-10-8-19(9-11-20)21(18-6-4-17(3)5-7-18)12-13-23-22-24-14-15-26-22/h4-11,14-16,21H,12-13H2,1-3H3,(H,23,24)/t21-/m0/s1. The van der Waals surface area contributed by atoms with Gasteiger partial charge >= 0.3 is 0 Å². The molecule has 3 nitrogen and oxygen atoms in total. The van der Waals surface area contributed by atoms with Gasteiger partial charge in [0.05, 0.1) is 6.10 Å². The molecule has 0 unspecified atom stereocenters. The number of benzene rings is 2. The van der Waals surface area contributed by atoms with Gasteiger partial charge in [0.25, 0.3) is 0 Å². The van der Waals surface area contributed by atoms with Crippen LogP contribution in [0.4, 0.5) is 5.13 Å². The lowest BCUT2D eigenvalue weighted by atomic mass is 9.88. The fraction of sp³-hybridized carbons (Fsp3) is 0.318. The van der Waals surface area contributed by atoms with Gasteiger partial charge in [-0.15, -0.1) is 11.3 Å². The maximum atomic E-state index is 5.78. The SMILES string of the molecule is Cc1ccc([C@H](CCNc2nccs2)c2ccc(OC(C)C)cc2)cc1. The number of aryl methyl sites for hydroxylation is 1. The fourth-order valence-corrected chi connectivity index (χ4v) is 3.57. The van der Waals surface area contributed by atoms with Crippen molar-refractivity contribution in [3.63, 3.8) is 0 Å². The highest BCUT2D eigenvalue weighted by atomic mass is 32.1. The second-order valence-electron chi connectivity index (χ2n) is 6.75. The monoisotopic (exact) mass is 366 g/mol. The largest absolute Gasteiger partial charge is 0.491 e. The summed E-state index contributed by atoms with van der Waals surface area (Å²) in [6.45, 7) is 7.11. The Hall–Kier alpha value is -2.33. The number of aromatic nitrogens is 1. The maximum absolute atomic E-state index is 5.78. The summed E-state index contributed by atoms with van der Waals surface area (Å²) in [5.74, 6) is 1.27. The maximum Gasteiger partial charge on any atom is 0.182 e.